The second-order valence-electron chi connectivity index (χ2n) is 6.96. The van der Waals surface area contributed by atoms with Crippen LogP contribution >= 0.6 is 23.6 Å². The van der Waals surface area contributed by atoms with Gasteiger partial charge in [0.1, 0.15) is 5.00 Å². The lowest BCUT2D eigenvalue weighted by molar-refractivity contribution is -0.115. The molecule has 0 unspecified atom stereocenters. The van der Waals surface area contributed by atoms with Gasteiger partial charge < -0.3 is 10.1 Å². The van der Waals surface area contributed by atoms with Crippen molar-refractivity contribution in [1.29, 1.82) is 0 Å². The lowest BCUT2D eigenvalue weighted by Gasteiger charge is -2.18. The lowest BCUT2D eigenvalue weighted by Crippen LogP contribution is -2.33. The van der Waals surface area contributed by atoms with E-state index in [-0.39, 0.29) is 17.0 Å². The van der Waals surface area contributed by atoms with Crippen LogP contribution in [0.3, 0.4) is 0 Å². The van der Waals surface area contributed by atoms with Crippen LogP contribution in [0, 0.1) is 5.92 Å². The Bertz CT molecular complexity index is 935. The Morgan fingerprint density at radius 2 is 2.07 bits per heavy atom. The summed E-state index contributed by atoms with van der Waals surface area (Å²) in [4.78, 5) is 25.9. The minimum Gasteiger partial charge on any atom is -0.462 e. The van der Waals surface area contributed by atoms with Gasteiger partial charge >= 0.3 is 5.97 Å². The van der Waals surface area contributed by atoms with Crippen molar-refractivity contribution in [3.63, 3.8) is 0 Å². The molecule has 0 fully saturated rings. The fourth-order valence-corrected chi connectivity index (χ4v) is 4.95. The number of benzene rings is 1. The quantitative estimate of drug-likeness (QED) is 0.415. The van der Waals surface area contributed by atoms with Crippen LogP contribution in [0.2, 0.25) is 0 Å². The highest BCUT2D eigenvalue weighted by Gasteiger charge is 2.28. The maximum atomic E-state index is 12.5. The van der Waals surface area contributed by atoms with Crippen LogP contribution in [0.15, 0.2) is 36.4 Å². The summed E-state index contributed by atoms with van der Waals surface area (Å²) in [5.74, 6) is -0.0991. The average molecular weight is 429 g/mol. The predicted octanol–water partition coefficient (Wildman–Crippen LogP) is 4.58. The molecule has 1 amide bonds. The zero-order valence-corrected chi connectivity index (χ0v) is 18.1. The van der Waals surface area contributed by atoms with Gasteiger partial charge in [-0.2, -0.15) is 0 Å². The van der Waals surface area contributed by atoms with E-state index in [4.69, 9.17) is 17.0 Å². The first-order valence-electron chi connectivity index (χ1n) is 9.64. The van der Waals surface area contributed by atoms with E-state index in [1.165, 1.54) is 22.3 Å². The first-order valence-corrected chi connectivity index (χ1v) is 10.9. The van der Waals surface area contributed by atoms with E-state index in [1.807, 2.05) is 30.3 Å². The Hall–Kier alpha value is -2.51. The smallest absolute Gasteiger partial charge is 0.341 e. The van der Waals surface area contributed by atoms with E-state index in [0.717, 1.165) is 30.4 Å². The average Bonchev–Trinajstić information content (AvgIpc) is 3.04. The maximum absolute atomic E-state index is 12.5. The van der Waals surface area contributed by atoms with Gasteiger partial charge in [-0.05, 0) is 61.5 Å². The molecule has 3 rings (SSSR count). The summed E-state index contributed by atoms with van der Waals surface area (Å²) in [6.07, 6.45) is 5.97. The Kier molecular flexibility index (Phi) is 7.17. The molecule has 1 aromatic heterocycles. The molecule has 29 heavy (non-hydrogen) atoms. The van der Waals surface area contributed by atoms with Crippen LogP contribution in [0.5, 0.6) is 0 Å². The van der Waals surface area contributed by atoms with Crippen molar-refractivity contribution in [3.05, 3.63) is 58.0 Å². The van der Waals surface area contributed by atoms with E-state index in [1.54, 1.807) is 13.0 Å². The van der Waals surface area contributed by atoms with Crippen molar-refractivity contribution in [2.45, 2.75) is 33.1 Å². The minimum atomic E-state index is -0.347. The van der Waals surface area contributed by atoms with Gasteiger partial charge in [-0.15, -0.1) is 11.3 Å². The fraction of sp³-hybridized carbons (Fsp3) is 0.318. The van der Waals surface area contributed by atoms with E-state index >= 15 is 0 Å². The summed E-state index contributed by atoms with van der Waals surface area (Å²) < 4.78 is 5.26. The van der Waals surface area contributed by atoms with Crippen LogP contribution in [0.4, 0.5) is 5.00 Å². The summed E-state index contributed by atoms with van der Waals surface area (Å²) in [5, 5.41) is 6.47. The lowest BCUT2D eigenvalue weighted by atomic mass is 9.88. The van der Waals surface area contributed by atoms with E-state index < -0.39 is 0 Å². The van der Waals surface area contributed by atoms with Crippen molar-refractivity contribution in [2.75, 3.05) is 11.9 Å². The molecule has 0 saturated heterocycles. The van der Waals surface area contributed by atoms with Gasteiger partial charge in [-0.25, -0.2) is 4.79 Å². The molecule has 0 bridgehead atoms. The van der Waals surface area contributed by atoms with Gasteiger partial charge in [0.05, 0.1) is 12.2 Å². The number of rotatable bonds is 5. The molecule has 1 atom stereocenters. The molecule has 2 aromatic rings. The highest BCUT2D eigenvalue weighted by atomic mass is 32.1. The molecule has 152 valence electrons. The molecule has 1 heterocycles. The summed E-state index contributed by atoms with van der Waals surface area (Å²) in [7, 11) is 0. The second-order valence-corrected chi connectivity index (χ2v) is 8.48. The number of thiophene rings is 1. The van der Waals surface area contributed by atoms with Crippen molar-refractivity contribution < 1.29 is 14.3 Å². The summed E-state index contributed by atoms with van der Waals surface area (Å²) in [6, 6.07) is 9.53. The normalized spacial score (nSPS) is 15.6. The fourth-order valence-electron chi connectivity index (χ4n) is 3.28. The monoisotopic (exact) mass is 428 g/mol. The Labute approximate surface area is 180 Å². The third-order valence-electron chi connectivity index (χ3n) is 4.68. The van der Waals surface area contributed by atoms with Crippen LogP contribution in [-0.4, -0.2) is 23.6 Å². The Balaban J connectivity index is 1.71. The second kappa shape index (κ2) is 9.80. The van der Waals surface area contributed by atoms with Gasteiger partial charge in [0.15, 0.2) is 5.11 Å². The molecule has 7 heteroatoms. The van der Waals surface area contributed by atoms with Crippen LogP contribution in [0.1, 0.15) is 46.6 Å². The first kappa shape index (κ1) is 21.2. The maximum Gasteiger partial charge on any atom is 0.341 e. The van der Waals surface area contributed by atoms with Gasteiger partial charge in [0.2, 0.25) is 5.91 Å². The van der Waals surface area contributed by atoms with E-state index in [0.29, 0.717) is 23.1 Å². The highest BCUT2D eigenvalue weighted by Crippen LogP contribution is 2.40. The van der Waals surface area contributed by atoms with Crippen molar-refractivity contribution in [3.8, 4) is 0 Å². The molecule has 5 nitrogen and oxygen atoms in total. The molecule has 1 aromatic carbocycles. The zero-order chi connectivity index (χ0) is 20.8. The van der Waals surface area contributed by atoms with Crippen LogP contribution in [0.25, 0.3) is 6.08 Å². The number of thiocarbonyl (C=S) groups is 1. The number of nitrogens with one attached hydrogen (secondary N) is 2. The third kappa shape index (κ3) is 5.52. The molecule has 0 aliphatic heterocycles. The topological polar surface area (TPSA) is 67.4 Å². The molecule has 1 aliphatic carbocycles. The number of esters is 1. The number of carbonyl (C=O) groups is 2. The van der Waals surface area contributed by atoms with E-state index in [9.17, 15) is 9.59 Å². The number of anilines is 1. The van der Waals surface area contributed by atoms with Gasteiger partial charge in [-0.3, -0.25) is 10.1 Å². The van der Waals surface area contributed by atoms with Gasteiger partial charge in [-0.1, -0.05) is 37.3 Å². The number of hydrogen-bond donors (Lipinski definition) is 2. The number of ether oxygens (including phenoxy) is 1. The Morgan fingerprint density at radius 1 is 1.31 bits per heavy atom. The standard InChI is InChI=1S/C22H24N2O3S2/c1-3-27-21(26)19-16-11-9-14(2)13-17(16)29-20(19)24-22(28)23-18(25)12-10-15-7-5-4-6-8-15/h4-8,10,12,14H,3,9,11,13H2,1-2H3,(H2,23,24,25,28)/b12-10+/t14-/m0/s1. The summed E-state index contributed by atoms with van der Waals surface area (Å²) >= 11 is 6.81. The minimum absolute atomic E-state index is 0.157. The molecular formula is C22H24N2O3S2. The van der Waals surface area contributed by atoms with Crippen LogP contribution in [-0.2, 0) is 22.4 Å². The number of hydrogen-bond acceptors (Lipinski definition) is 5. The van der Waals surface area contributed by atoms with Gasteiger partial charge in [0.25, 0.3) is 0 Å². The van der Waals surface area contributed by atoms with Crippen molar-refractivity contribution >= 4 is 51.6 Å². The first-order chi connectivity index (χ1) is 14.0. The Morgan fingerprint density at radius 3 is 2.79 bits per heavy atom. The van der Waals surface area contributed by atoms with E-state index in [2.05, 4.69) is 17.6 Å². The molecule has 0 saturated carbocycles. The predicted molar refractivity (Wildman–Crippen MR) is 121 cm³/mol. The molecule has 1 aliphatic rings. The number of amides is 1. The third-order valence-corrected chi connectivity index (χ3v) is 6.06. The largest absolute Gasteiger partial charge is 0.462 e. The summed E-state index contributed by atoms with van der Waals surface area (Å²) in [6.45, 7) is 4.31. The molecule has 0 radical (unpaired) electrons. The molecule has 2 N–H and O–H groups in total. The highest BCUT2D eigenvalue weighted by molar-refractivity contribution is 7.80. The van der Waals surface area contributed by atoms with Crippen molar-refractivity contribution in [2.24, 2.45) is 5.92 Å². The van der Waals surface area contributed by atoms with Crippen molar-refractivity contribution in [1.82, 2.24) is 5.32 Å². The molecular weight excluding hydrogens is 404 g/mol. The van der Waals surface area contributed by atoms with Gasteiger partial charge in [0, 0.05) is 11.0 Å². The zero-order valence-electron chi connectivity index (χ0n) is 16.5. The van der Waals surface area contributed by atoms with Crippen LogP contribution < -0.4 is 10.6 Å². The molecule has 0 spiro atoms. The SMILES string of the molecule is CCOC(=O)c1c(NC(=S)NC(=O)/C=C/c2ccccc2)sc2c1CC[C@H](C)C2. The number of fused-ring (bicyclic) bond motifs is 1. The number of carbonyl (C=O) groups excluding carboxylic acids is 2. The summed E-state index contributed by atoms with van der Waals surface area (Å²) in [5.41, 5.74) is 2.52.